The van der Waals surface area contributed by atoms with E-state index in [2.05, 4.69) is 38.0 Å². The molecule has 16 heavy (non-hydrogen) atoms. The Morgan fingerprint density at radius 2 is 2.19 bits per heavy atom. The Labute approximate surface area is 98.5 Å². The van der Waals surface area contributed by atoms with Gasteiger partial charge in [-0.3, -0.25) is 4.98 Å². The molecular formula is C13H23N3. The molecule has 0 aromatic carbocycles. The van der Waals surface area contributed by atoms with Gasteiger partial charge in [0.05, 0.1) is 0 Å². The number of pyridine rings is 1. The van der Waals surface area contributed by atoms with Crippen LogP contribution in [0, 0.1) is 12.8 Å². The van der Waals surface area contributed by atoms with Crippen molar-refractivity contribution < 1.29 is 0 Å². The molecule has 0 saturated heterocycles. The summed E-state index contributed by atoms with van der Waals surface area (Å²) in [5.74, 6) is 0.628. The molecule has 1 aromatic heterocycles. The highest BCUT2D eigenvalue weighted by atomic mass is 15.0. The highest BCUT2D eigenvalue weighted by molar-refractivity contribution is 5.50. The topological polar surface area (TPSA) is 50.9 Å². The van der Waals surface area contributed by atoms with Gasteiger partial charge in [-0.05, 0) is 37.8 Å². The van der Waals surface area contributed by atoms with Gasteiger partial charge in [0.2, 0.25) is 0 Å². The molecule has 1 rings (SSSR count). The van der Waals surface area contributed by atoms with Crippen LogP contribution in [0.5, 0.6) is 0 Å². The molecule has 3 N–H and O–H groups in total. The molecule has 0 aliphatic heterocycles. The Bertz CT molecular complexity index is 336. The lowest BCUT2D eigenvalue weighted by atomic mass is 9.90. The van der Waals surface area contributed by atoms with Crippen LogP contribution in [0.3, 0.4) is 0 Å². The zero-order valence-corrected chi connectivity index (χ0v) is 10.7. The van der Waals surface area contributed by atoms with E-state index in [1.54, 1.807) is 0 Å². The molecule has 0 radical (unpaired) electrons. The smallest absolute Gasteiger partial charge is 0.0470 e. The normalized spacial score (nSPS) is 14.9. The summed E-state index contributed by atoms with van der Waals surface area (Å²) < 4.78 is 0. The highest BCUT2D eigenvalue weighted by Gasteiger charge is 2.23. The van der Waals surface area contributed by atoms with Crippen molar-refractivity contribution in [2.45, 2.75) is 39.7 Å². The molecule has 3 nitrogen and oxygen atoms in total. The molecule has 1 heterocycles. The Morgan fingerprint density at radius 1 is 1.50 bits per heavy atom. The number of rotatable bonds is 5. The van der Waals surface area contributed by atoms with E-state index in [9.17, 15) is 0 Å². The summed E-state index contributed by atoms with van der Waals surface area (Å²) in [4.78, 5) is 4.09. The molecule has 0 amide bonds. The van der Waals surface area contributed by atoms with Gasteiger partial charge in [0.25, 0.3) is 0 Å². The van der Waals surface area contributed by atoms with E-state index in [4.69, 9.17) is 5.73 Å². The van der Waals surface area contributed by atoms with Crippen LogP contribution in [-0.4, -0.2) is 17.1 Å². The Kier molecular flexibility index (Phi) is 4.30. The second kappa shape index (κ2) is 5.30. The van der Waals surface area contributed by atoms with Crippen molar-refractivity contribution in [2.75, 3.05) is 11.9 Å². The zero-order valence-electron chi connectivity index (χ0n) is 10.7. The predicted octanol–water partition coefficient (Wildman–Crippen LogP) is 2.57. The Balaban J connectivity index is 2.81. The van der Waals surface area contributed by atoms with Crippen molar-refractivity contribution in [1.82, 2.24) is 4.98 Å². The molecule has 0 saturated carbocycles. The summed E-state index contributed by atoms with van der Waals surface area (Å²) in [6.45, 7) is 9.30. The third kappa shape index (κ3) is 3.49. The average Bonchev–Trinajstić information content (AvgIpc) is 2.20. The lowest BCUT2D eigenvalue weighted by molar-refractivity contribution is 0.407. The van der Waals surface area contributed by atoms with Gasteiger partial charge >= 0.3 is 0 Å². The van der Waals surface area contributed by atoms with Gasteiger partial charge in [0, 0.05) is 30.2 Å². The third-order valence-electron chi connectivity index (χ3n) is 2.77. The minimum absolute atomic E-state index is 0.0414. The van der Waals surface area contributed by atoms with Gasteiger partial charge in [-0.15, -0.1) is 0 Å². The van der Waals surface area contributed by atoms with Crippen LogP contribution < -0.4 is 11.1 Å². The summed E-state index contributed by atoms with van der Waals surface area (Å²) >= 11 is 0. The number of hydrogen-bond acceptors (Lipinski definition) is 3. The summed E-state index contributed by atoms with van der Waals surface area (Å²) in [5, 5.41) is 3.54. The second-order valence-electron chi connectivity index (χ2n) is 5.18. The van der Waals surface area contributed by atoms with Crippen LogP contribution >= 0.6 is 0 Å². The number of anilines is 1. The van der Waals surface area contributed by atoms with E-state index in [1.807, 2.05) is 18.5 Å². The maximum atomic E-state index is 5.88. The standard InChI is InChI=1S/C13H23N3/c1-10(2)7-13(4,9-14)16-12-5-6-15-8-11(12)3/h5-6,8,10H,7,9,14H2,1-4H3,(H,15,16). The number of aryl methyl sites for hydroxylation is 1. The van der Waals surface area contributed by atoms with E-state index in [0.29, 0.717) is 12.5 Å². The largest absolute Gasteiger partial charge is 0.378 e. The van der Waals surface area contributed by atoms with Gasteiger partial charge < -0.3 is 11.1 Å². The average molecular weight is 221 g/mol. The molecule has 0 aliphatic rings. The van der Waals surface area contributed by atoms with Gasteiger partial charge in [-0.2, -0.15) is 0 Å². The molecule has 0 fully saturated rings. The first kappa shape index (κ1) is 13.0. The maximum absolute atomic E-state index is 5.88. The molecule has 1 unspecified atom stereocenters. The SMILES string of the molecule is Cc1cnccc1NC(C)(CN)CC(C)C. The van der Waals surface area contributed by atoms with Crippen molar-refractivity contribution in [3.05, 3.63) is 24.0 Å². The van der Waals surface area contributed by atoms with Crippen molar-refractivity contribution in [3.63, 3.8) is 0 Å². The number of nitrogens with zero attached hydrogens (tertiary/aromatic N) is 1. The molecule has 90 valence electrons. The van der Waals surface area contributed by atoms with Gasteiger partial charge in [0.1, 0.15) is 0 Å². The third-order valence-corrected chi connectivity index (χ3v) is 2.77. The van der Waals surface area contributed by atoms with Crippen LogP contribution in [0.2, 0.25) is 0 Å². The summed E-state index contributed by atoms with van der Waals surface area (Å²) in [7, 11) is 0. The Hall–Kier alpha value is -1.09. The van der Waals surface area contributed by atoms with E-state index in [0.717, 1.165) is 17.7 Å². The van der Waals surface area contributed by atoms with Crippen molar-refractivity contribution >= 4 is 5.69 Å². The Morgan fingerprint density at radius 3 is 2.69 bits per heavy atom. The first-order chi connectivity index (χ1) is 7.47. The van der Waals surface area contributed by atoms with Gasteiger partial charge in [-0.1, -0.05) is 13.8 Å². The van der Waals surface area contributed by atoms with Crippen molar-refractivity contribution in [1.29, 1.82) is 0 Å². The highest BCUT2D eigenvalue weighted by Crippen LogP contribution is 2.23. The van der Waals surface area contributed by atoms with Crippen LogP contribution in [0.15, 0.2) is 18.5 Å². The van der Waals surface area contributed by atoms with Crippen molar-refractivity contribution in [2.24, 2.45) is 11.7 Å². The van der Waals surface area contributed by atoms with Crippen molar-refractivity contribution in [3.8, 4) is 0 Å². The lowest BCUT2D eigenvalue weighted by Gasteiger charge is -2.33. The first-order valence-electron chi connectivity index (χ1n) is 5.86. The number of hydrogen-bond donors (Lipinski definition) is 2. The molecule has 1 atom stereocenters. The molecular weight excluding hydrogens is 198 g/mol. The van der Waals surface area contributed by atoms with E-state index in [-0.39, 0.29) is 5.54 Å². The quantitative estimate of drug-likeness (QED) is 0.803. The molecule has 0 spiro atoms. The van der Waals surface area contributed by atoms with E-state index < -0.39 is 0 Å². The van der Waals surface area contributed by atoms with Crippen LogP contribution in [0.1, 0.15) is 32.8 Å². The molecule has 0 bridgehead atoms. The maximum Gasteiger partial charge on any atom is 0.0470 e. The fourth-order valence-electron chi connectivity index (χ4n) is 2.03. The lowest BCUT2D eigenvalue weighted by Crippen LogP contribution is -2.43. The van der Waals surface area contributed by atoms with Crippen LogP contribution in [0.25, 0.3) is 0 Å². The van der Waals surface area contributed by atoms with E-state index in [1.165, 1.54) is 0 Å². The number of nitrogens with two attached hydrogens (primary N) is 1. The fraction of sp³-hybridized carbons (Fsp3) is 0.615. The predicted molar refractivity (Wildman–Crippen MR) is 69.5 cm³/mol. The minimum Gasteiger partial charge on any atom is -0.378 e. The van der Waals surface area contributed by atoms with E-state index >= 15 is 0 Å². The van der Waals surface area contributed by atoms with Crippen LogP contribution in [-0.2, 0) is 0 Å². The summed E-state index contributed by atoms with van der Waals surface area (Å²) in [6.07, 6.45) is 4.74. The van der Waals surface area contributed by atoms with Gasteiger partial charge in [0.15, 0.2) is 0 Å². The summed E-state index contributed by atoms with van der Waals surface area (Å²) in [6, 6.07) is 2.00. The second-order valence-corrected chi connectivity index (χ2v) is 5.18. The number of nitrogens with one attached hydrogen (secondary N) is 1. The summed E-state index contributed by atoms with van der Waals surface area (Å²) in [5.41, 5.74) is 8.12. The van der Waals surface area contributed by atoms with Gasteiger partial charge in [-0.25, -0.2) is 0 Å². The molecule has 3 heteroatoms. The minimum atomic E-state index is -0.0414. The molecule has 0 aliphatic carbocycles. The van der Waals surface area contributed by atoms with Crippen LogP contribution in [0.4, 0.5) is 5.69 Å². The first-order valence-corrected chi connectivity index (χ1v) is 5.86. The monoisotopic (exact) mass is 221 g/mol. The number of aromatic nitrogens is 1. The molecule has 1 aromatic rings. The fourth-order valence-corrected chi connectivity index (χ4v) is 2.03. The zero-order chi connectivity index (χ0) is 12.2.